The van der Waals surface area contributed by atoms with Gasteiger partial charge in [-0.2, -0.15) is 0 Å². The molecule has 5 nitrogen and oxygen atoms in total. The topological polar surface area (TPSA) is 55.6 Å². The van der Waals surface area contributed by atoms with Crippen molar-refractivity contribution in [2.45, 2.75) is 20.0 Å². The third-order valence-corrected chi connectivity index (χ3v) is 3.15. The van der Waals surface area contributed by atoms with E-state index in [1.165, 1.54) is 0 Å². The van der Waals surface area contributed by atoms with Crippen molar-refractivity contribution in [2.24, 2.45) is 0 Å². The van der Waals surface area contributed by atoms with E-state index in [4.69, 9.17) is 4.74 Å². The number of benzene rings is 1. The van der Waals surface area contributed by atoms with E-state index < -0.39 is 0 Å². The highest BCUT2D eigenvalue weighted by atomic mass is 16.5. The first kappa shape index (κ1) is 14.1. The predicted octanol–water partition coefficient (Wildman–Crippen LogP) is 3.37. The highest BCUT2D eigenvalue weighted by molar-refractivity contribution is 6.05. The van der Waals surface area contributed by atoms with Gasteiger partial charge in [0, 0.05) is 18.6 Å². The summed E-state index contributed by atoms with van der Waals surface area (Å²) >= 11 is 0. The number of para-hydroxylation sites is 2. The van der Waals surface area contributed by atoms with E-state index in [1.807, 2.05) is 54.8 Å². The molecule has 1 aromatic carbocycles. The van der Waals surface area contributed by atoms with Gasteiger partial charge in [-0.1, -0.05) is 12.1 Å². The van der Waals surface area contributed by atoms with Gasteiger partial charge in [0.1, 0.15) is 11.4 Å². The summed E-state index contributed by atoms with van der Waals surface area (Å²) < 4.78 is 7.52. The zero-order valence-electron chi connectivity index (χ0n) is 12.5. The number of carbonyl (C=O) groups is 1. The van der Waals surface area contributed by atoms with E-state index in [9.17, 15) is 4.79 Å². The Bertz CT molecular complexity index is 808. The first-order chi connectivity index (χ1) is 10.6. The first-order valence-electron chi connectivity index (χ1n) is 7.13. The fraction of sp³-hybridized carbons (Fsp3) is 0.176. The standard InChI is InChI=1S/C17H17N3O2/c1-12(2)22-15-6-4-3-5-14(15)19-17(21)13-7-8-16-18-9-10-20(16)11-13/h3-12H,1-2H3,(H,19,21). The van der Waals surface area contributed by atoms with E-state index in [0.717, 1.165) is 5.65 Å². The SMILES string of the molecule is CC(C)Oc1ccccc1NC(=O)c1ccc2nccn2c1. The van der Waals surface area contributed by atoms with Crippen LogP contribution in [0.4, 0.5) is 5.69 Å². The summed E-state index contributed by atoms with van der Waals surface area (Å²) in [4.78, 5) is 16.6. The van der Waals surface area contributed by atoms with Gasteiger partial charge < -0.3 is 14.5 Å². The number of nitrogens with one attached hydrogen (secondary N) is 1. The van der Waals surface area contributed by atoms with Crippen LogP contribution >= 0.6 is 0 Å². The molecule has 3 rings (SSSR count). The molecule has 0 aliphatic rings. The van der Waals surface area contributed by atoms with Gasteiger partial charge in [0.15, 0.2) is 0 Å². The Morgan fingerprint density at radius 1 is 1.23 bits per heavy atom. The van der Waals surface area contributed by atoms with Crippen LogP contribution in [0, 0.1) is 0 Å². The second-order valence-electron chi connectivity index (χ2n) is 5.23. The molecule has 0 unspecified atom stereocenters. The largest absolute Gasteiger partial charge is 0.489 e. The Morgan fingerprint density at radius 3 is 2.86 bits per heavy atom. The zero-order valence-corrected chi connectivity index (χ0v) is 12.5. The second-order valence-corrected chi connectivity index (χ2v) is 5.23. The lowest BCUT2D eigenvalue weighted by Gasteiger charge is -2.14. The average molecular weight is 295 g/mol. The van der Waals surface area contributed by atoms with Crippen LogP contribution in [0.3, 0.4) is 0 Å². The fourth-order valence-corrected chi connectivity index (χ4v) is 2.18. The molecule has 0 aliphatic heterocycles. The molecule has 0 bridgehead atoms. The van der Waals surface area contributed by atoms with Crippen LogP contribution in [0.25, 0.3) is 5.65 Å². The molecule has 112 valence electrons. The average Bonchev–Trinajstić information content (AvgIpc) is 2.96. The minimum Gasteiger partial charge on any atom is -0.489 e. The maximum absolute atomic E-state index is 12.4. The van der Waals surface area contributed by atoms with E-state index in [-0.39, 0.29) is 12.0 Å². The number of carbonyl (C=O) groups excluding carboxylic acids is 1. The third-order valence-electron chi connectivity index (χ3n) is 3.15. The molecule has 3 aromatic rings. The molecule has 0 radical (unpaired) electrons. The number of hydrogen-bond donors (Lipinski definition) is 1. The normalized spacial score (nSPS) is 10.9. The number of anilines is 1. The number of rotatable bonds is 4. The first-order valence-corrected chi connectivity index (χ1v) is 7.13. The summed E-state index contributed by atoms with van der Waals surface area (Å²) in [6.45, 7) is 3.90. The van der Waals surface area contributed by atoms with Crippen molar-refractivity contribution in [1.82, 2.24) is 9.38 Å². The number of aromatic nitrogens is 2. The molecule has 2 heterocycles. The number of nitrogens with zero attached hydrogens (tertiary/aromatic N) is 2. The van der Waals surface area contributed by atoms with Crippen LogP contribution in [-0.2, 0) is 0 Å². The van der Waals surface area contributed by atoms with Crippen molar-refractivity contribution in [3.63, 3.8) is 0 Å². The lowest BCUT2D eigenvalue weighted by atomic mass is 10.2. The monoisotopic (exact) mass is 295 g/mol. The summed E-state index contributed by atoms with van der Waals surface area (Å²) in [6.07, 6.45) is 5.30. The molecular formula is C17H17N3O2. The van der Waals surface area contributed by atoms with Crippen molar-refractivity contribution >= 4 is 17.2 Å². The van der Waals surface area contributed by atoms with Gasteiger partial charge in [-0.05, 0) is 38.1 Å². The molecule has 0 aliphatic carbocycles. The maximum Gasteiger partial charge on any atom is 0.257 e. The van der Waals surface area contributed by atoms with Crippen molar-refractivity contribution in [3.05, 3.63) is 60.6 Å². The third kappa shape index (κ3) is 2.93. The minimum atomic E-state index is -0.185. The van der Waals surface area contributed by atoms with Gasteiger partial charge in [0.05, 0.1) is 17.4 Å². The predicted molar refractivity (Wildman–Crippen MR) is 85.4 cm³/mol. The van der Waals surface area contributed by atoms with Gasteiger partial charge >= 0.3 is 0 Å². The van der Waals surface area contributed by atoms with Crippen molar-refractivity contribution in [1.29, 1.82) is 0 Å². The summed E-state index contributed by atoms with van der Waals surface area (Å²) in [5.41, 5.74) is 2.02. The Hall–Kier alpha value is -2.82. The summed E-state index contributed by atoms with van der Waals surface area (Å²) in [7, 11) is 0. The number of amides is 1. The lowest BCUT2D eigenvalue weighted by molar-refractivity contribution is 0.102. The van der Waals surface area contributed by atoms with Crippen LogP contribution in [0.1, 0.15) is 24.2 Å². The highest BCUT2D eigenvalue weighted by Gasteiger charge is 2.11. The molecule has 0 spiro atoms. The van der Waals surface area contributed by atoms with Crippen LogP contribution in [-0.4, -0.2) is 21.4 Å². The zero-order chi connectivity index (χ0) is 15.5. The molecule has 5 heteroatoms. The quantitative estimate of drug-likeness (QED) is 0.803. The van der Waals surface area contributed by atoms with E-state index >= 15 is 0 Å². The van der Waals surface area contributed by atoms with Gasteiger partial charge in [-0.25, -0.2) is 4.98 Å². The van der Waals surface area contributed by atoms with Gasteiger partial charge in [-0.3, -0.25) is 4.79 Å². The second kappa shape index (κ2) is 5.89. The van der Waals surface area contributed by atoms with E-state index in [0.29, 0.717) is 17.0 Å². The van der Waals surface area contributed by atoms with Crippen LogP contribution in [0.15, 0.2) is 55.0 Å². The Kier molecular flexibility index (Phi) is 3.78. The molecule has 0 saturated carbocycles. The molecule has 1 amide bonds. The molecule has 0 atom stereocenters. The fourth-order valence-electron chi connectivity index (χ4n) is 2.18. The molecular weight excluding hydrogens is 278 g/mol. The number of hydrogen-bond acceptors (Lipinski definition) is 3. The van der Waals surface area contributed by atoms with Crippen molar-refractivity contribution in [2.75, 3.05) is 5.32 Å². The van der Waals surface area contributed by atoms with Crippen LogP contribution < -0.4 is 10.1 Å². The summed E-state index contributed by atoms with van der Waals surface area (Å²) in [5.74, 6) is 0.477. The molecule has 1 N–H and O–H groups in total. The number of fused-ring (bicyclic) bond motifs is 1. The maximum atomic E-state index is 12.4. The Balaban J connectivity index is 1.84. The van der Waals surface area contributed by atoms with Gasteiger partial charge in [-0.15, -0.1) is 0 Å². The summed E-state index contributed by atoms with van der Waals surface area (Å²) in [5, 5.41) is 2.89. The highest BCUT2D eigenvalue weighted by Crippen LogP contribution is 2.25. The van der Waals surface area contributed by atoms with Gasteiger partial charge in [0.2, 0.25) is 0 Å². The molecule has 22 heavy (non-hydrogen) atoms. The molecule has 0 fully saturated rings. The van der Waals surface area contributed by atoms with Crippen molar-refractivity contribution < 1.29 is 9.53 Å². The van der Waals surface area contributed by atoms with Crippen LogP contribution in [0.5, 0.6) is 5.75 Å². The molecule has 2 aromatic heterocycles. The van der Waals surface area contributed by atoms with E-state index in [1.54, 1.807) is 18.5 Å². The van der Waals surface area contributed by atoms with E-state index in [2.05, 4.69) is 10.3 Å². The summed E-state index contributed by atoms with van der Waals surface area (Å²) in [6, 6.07) is 11.0. The molecule has 0 saturated heterocycles. The number of ether oxygens (including phenoxy) is 1. The number of imidazole rings is 1. The van der Waals surface area contributed by atoms with Crippen LogP contribution in [0.2, 0.25) is 0 Å². The lowest BCUT2D eigenvalue weighted by Crippen LogP contribution is -2.15. The smallest absolute Gasteiger partial charge is 0.257 e. The van der Waals surface area contributed by atoms with Crippen molar-refractivity contribution in [3.8, 4) is 5.75 Å². The Morgan fingerprint density at radius 2 is 2.05 bits per heavy atom. The van der Waals surface area contributed by atoms with Gasteiger partial charge in [0.25, 0.3) is 5.91 Å². The number of pyridine rings is 1. The Labute approximate surface area is 128 Å². The minimum absolute atomic E-state index is 0.0420.